The van der Waals surface area contributed by atoms with Crippen LogP contribution in [-0.2, 0) is 22.0 Å². The lowest BCUT2D eigenvalue weighted by Gasteiger charge is -2.23. The summed E-state index contributed by atoms with van der Waals surface area (Å²) in [6.07, 6.45) is 1.19. The molecule has 1 unspecified atom stereocenters. The Morgan fingerprint density at radius 2 is 1.47 bits per heavy atom. The molecule has 0 spiro atoms. The number of aryl methyl sites for hydroxylation is 1. The minimum absolute atomic E-state index is 0.0755. The highest BCUT2D eigenvalue weighted by atomic mass is 32.2. The highest BCUT2D eigenvalue weighted by molar-refractivity contribution is 7.92. The number of amides is 1. The maximum Gasteiger partial charge on any atom is 0.251 e. The molecule has 34 heavy (non-hydrogen) atoms. The van der Waals surface area contributed by atoms with Crippen molar-refractivity contribution >= 4 is 21.6 Å². The SMILES string of the molecule is Cc1ccc(CN(c2ccc(C(=O)NC(C)c3ccc(C(C)(C)C)cc3)cc2)S(C)(=O)=O)cc1. The maximum absolute atomic E-state index is 12.8. The first-order chi connectivity index (χ1) is 15.8. The molecule has 5 nitrogen and oxygen atoms in total. The Balaban J connectivity index is 1.72. The van der Waals surface area contributed by atoms with E-state index in [0.29, 0.717) is 11.3 Å². The summed E-state index contributed by atoms with van der Waals surface area (Å²) in [5.41, 5.74) is 5.35. The number of nitrogens with zero attached hydrogens (tertiary/aromatic N) is 1. The summed E-state index contributed by atoms with van der Waals surface area (Å²) in [7, 11) is -3.50. The van der Waals surface area contributed by atoms with Crippen molar-refractivity contribution < 1.29 is 13.2 Å². The van der Waals surface area contributed by atoms with Crippen molar-refractivity contribution in [2.24, 2.45) is 0 Å². The predicted octanol–water partition coefficient (Wildman–Crippen LogP) is 5.75. The zero-order chi connectivity index (χ0) is 25.1. The van der Waals surface area contributed by atoms with Crippen molar-refractivity contribution in [2.75, 3.05) is 10.6 Å². The number of sulfonamides is 1. The zero-order valence-electron chi connectivity index (χ0n) is 20.8. The summed E-state index contributed by atoms with van der Waals surface area (Å²) in [4.78, 5) is 12.8. The van der Waals surface area contributed by atoms with Crippen LogP contribution in [0.1, 0.15) is 66.3 Å². The number of carbonyl (C=O) groups excluding carboxylic acids is 1. The van der Waals surface area contributed by atoms with Gasteiger partial charge < -0.3 is 5.32 Å². The summed E-state index contributed by atoms with van der Waals surface area (Å²) < 4.78 is 26.3. The minimum Gasteiger partial charge on any atom is -0.346 e. The van der Waals surface area contributed by atoms with Gasteiger partial charge in [-0.25, -0.2) is 8.42 Å². The number of benzene rings is 3. The fourth-order valence-corrected chi connectivity index (χ4v) is 4.56. The molecule has 1 N–H and O–H groups in total. The Labute approximate surface area is 203 Å². The Bertz CT molecular complexity index is 1220. The lowest BCUT2D eigenvalue weighted by molar-refractivity contribution is 0.0940. The fourth-order valence-electron chi connectivity index (χ4n) is 3.67. The normalized spacial score (nSPS) is 12.8. The molecule has 0 aliphatic heterocycles. The van der Waals surface area contributed by atoms with Crippen molar-refractivity contribution in [3.63, 3.8) is 0 Å². The first-order valence-electron chi connectivity index (χ1n) is 11.4. The summed E-state index contributed by atoms with van der Waals surface area (Å²) in [6, 6.07) is 22.6. The quantitative estimate of drug-likeness (QED) is 0.470. The smallest absolute Gasteiger partial charge is 0.251 e. The molecule has 0 saturated carbocycles. The molecule has 3 rings (SSSR count). The number of anilines is 1. The van der Waals surface area contributed by atoms with E-state index in [4.69, 9.17) is 0 Å². The second-order valence-corrected chi connectivity index (χ2v) is 11.8. The lowest BCUT2D eigenvalue weighted by atomic mass is 9.86. The molecule has 180 valence electrons. The second-order valence-electron chi connectivity index (χ2n) is 9.87. The first-order valence-corrected chi connectivity index (χ1v) is 13.2. The van der Waals surface area contributed by atoms with Crippen molar-refractivity contribution in [1.29, 1.82) is 0 Å². The van der Waals surface area contributed by atoms with Crippen molar-refractivity contribution in [2.45, 2.75) is 52.6 Å². The molecule has 1 atom stereocenters. The molecule has 6 heteroatoms. The lowest BCUT2D eigenvalue weighted by Crippen LogP contribution is -2.29. The molecule has 0 heterocycles. The third-order valence-corrected chi connectivity index (χ3v) is 7.03. The molecule has 0 aliphatic carbocycles. The van der Waals surface area contributed by atoms with Crippen LogP contribution in [0.5, 0.6) is 0 Å². The molecular weight excluding hydrogens is 444 g/mol. The Kier molecular flexibility index (Phi) is 7.51. The number of hydrogen-bond donors (Lipinski definition) is 1. The zero-order valence-corrected chi connectivity index (χ0v) is 21.6. The van der Waals surface area contributed by atoms with Crippen LogP contribution in [0, 0.1) is 6.92 Å². The van der Waals surface area contributed by atoms with Gasteiger partial charge in [0.15, 0.2) is 0 Å². The van der Waals surface area contributed by atoms with E-state index in [0.717, 1.165) is 16.7 Å². The Morgan fingerprint density at radius 1 is 0.912 bits per heavy atom. The number of nitrogens with one attached hydrogen (secondary N) is 1. The van der Waals surface area contributed by atoms with Gasteiger partial charge in [-0.3, -0.25) is 9.10 Å². The highest BCUT2D eigenvalue weighted by Gasteiger charge is 2.19. The van der Waals surface area contributed by atoms with Gasteiger partial charge in [-0.05, 0) is 60.2 Å². The number of carbonyl (C=O) groups is 1. The van der Waals surface area contributed by atoms with Crippen molar-refractivity contribution in [3.8, 4) is 0 Å². The monoisotopic (exact) mass is 478 g/mol. The van der Waals surface area contributed by atoms with Gasteiger partial charge in [-0.15, -0.1) is 0 Å². The van der Waals surface area contributed by atoms with Crippen LogP contribution >= 0.6 is 0 Å². The van der Waals surface area contributed by atoms with E-state index in [-0.39, 0.29) is 23.9 Å². The fraction of sp³-hybridized carbons (Fsp3) is 0.321. The molecule has 0 fully saturated rings. The molecule has 0 saturated heterocycles. The first kappa shape index (κ1) is 25.5. The molecule has 3 aromatic rings. The molecule has 3 aromatic carbocycles. The Hall–Kier alpha value is -3.12. The highest BCUT2D eigenvalue weighted by Crippen LogP contribution is 2.25. The second kappa shape index (κ2) is 10.0. The van der Waals surface area contributed by atoms with E-state index in [1.807, 2.05) is 50.2 Å². The van der Waals surface area contributed by atoms with E-state index in [2.05, 4.69) is 38.2 Å². The van der Waals surface area contributed by atoms with Gasteiger partial charge in [0.05, 0.1) is 24.5 Å². The van der Waals surface area contributed by atoms with Gasteiger partial charge in [-0.1, -0.05) is 74.9 Å². The van der Waals surface area contributed by atoms with E-state index in [9.17, 15) is 13.2 Å². The topological polar surface area (TPSA) is 66.5 Å². The molecule has 1 amide bonds. The third kappa shape index (κ3) is 6.48. The van der Waals surface area contributed by atoms with Gasteiger partial charge >= 0.3 is 0 Å². The van der Waals surface area contributed by atoms with Crippen molar-refractivity contribution in [3.05, 3.63) is 101 Å². The van der Waals surface area contributed by atoms with Gasteiger partial charge in [0.1, 0.15) is 0 Å². The average molecular weight is 479 g/mol. The summed E-state index contributed by atoms with van der Waals surface area (Å²) in [5.74, 6) is -0.205. The average Bonchev–Trinajstić information content (AvgIpc) is 2.77. The summed E-state index contributed by atoms with van der Waals surface area (Å²) in [5, 5.41) is 3.02. The Morgan fingerprint density at radius 3 is 1.97 bits per heavy atom. The van der Waals surface area contributed by atoms with Crippen LogP contribution in [0.15, 0.2) is 72.8 Å². The number of rotatable bonds is 7. The molecule has 0 bridgehead atoms. The van der Waals surface area contributed by atoms with Gasteiger partial charge in [-0.2, -0.15) is 0 Å². The van der Waals surface area contributed by atoms with Gasteiger partial charge in [0.25, 0.3) is 5.91 Å². The summed E-state index contributed by atoms with van der Waals surface area (Å²) >= 11 is 0. The van der Waals surface area contributed by atoms with Gasteiger partial charge in [0, 0.05) is 5.56 Å². The maximum atomic E-state index is 12.8. The van der Waals surface area contributed by atoms with Gasteiger partial charge in [0.2, 0.25) is 10.0 Å². The molecular formula is C28H34N2O3S. The van der Waals surface area contributed by atoms with E-state index >= 15 is 0 Å². The largest absolute Gasteiger partial charge is 0.346 e. The third-order valence-electron chi connectivity index (χ3n) is 5.89. The van der Waals surface area contributed by atoms with Crippen LogP contribution in [0.4, 0.5) is 5.69 Å². The summed E-state index contributed by atoms with van der Waals surface area (Å²) in [6.45, 7) is 10.7. The predicted molar refractivity (Wildman–Crippen MR) is 140 cm³/mol. The van der Waals surface area contributed by atoms with Crippen LogP contribution < -0.4 is 9.62 Å². The number of hydrogen-bond acceptors (Lipinski definition) is 3. The molecule has 0 aromatic heterocycles. The van der Waals surface area contributed by atoms with Crippen LogP contribution in [0.2, 0.25) is 0 Å². The molecule has 0 aliphatic rings. The van der Waals surface area contributed by atoms with Crippen LogP contribution in [0.25, 0.3) is 0 Å². The standard InChI is InChI=1S/C28H34N2O3S/c1-20-7-9-22(10-8-20)19-30(34(6,32)33)26-17-13-24(14-18-26)27(31)29-21(2)23-11-15-25(16-12-23)28(3,4)5/h7-18,21H,19H2,1-6H3,(H,29,31). The minimum atomic E-state index is -3.50. The van der Waals surface area contributed by atoms with E-state index in [1.165, 1.54) is 16.1 Å². The molecule has 0 radical (unpaired) electrons. The van der Waals surface area contributed by atoms with Crippen LogP contribution in [-0.4, -0.2) is 20.6 Å². The van der Waals surface area contributed by atoms with Crippen LogP contribution in [0.3, 0.4) is 0 Å². The van der Waals surface area contributed by atoms with E-state index in [1.54, 1.807) is 24.3 Å². The van der Waals surface area contributed by atoms with Crippen molar-refractivity contribution in [1.82, 2.24) is 5.32 Å². The van der Waals surface area contributed by atoms with E-state index < -0.39 is 10.0 Å².